The Morgan fingerprint density at radius 3 is 1.53 bits per heavy atom. The van der Waals surface area contributed by atoms with E-state index in [0.717, 1.165) is 46.0 Å². The van der Waals surface area contributed by atoms with Gasteiger partial charge in [-0.05, 0) is 144 Å². The van der Waals surface area contributed by atoms with Gasteiger partial charge in [0, 0.05) is 37.6 Å². The summed E-state index contributed by atoms with van der Waals surface area (Å²) in [7, 11) is 0. The zero-order valence-corrected chi connectivity index (χ0v) is 34.0. The Morgan fingerprint density at radius 1 is 0.417 bits per heavy atom. The minimum atomic E-state index is 0.157. The van der Waals surface area contributed by atoms with E-state index in [4.69, 9.17) is 15.0 Å². The van der Waals surface area contributed by atoms with E-state index < -0.39 is 0 Å². The van der Waals surface area contributed by atoms with Crippen molar-refractivity contribution in [3.8, 4) is 56.4 Å². The molecule has 0 saturated heterocycles. The van der Waals surface area contributed by atoms with Gasteiger partial charge >= 0.3 is 0 Å². The number of benzene rings is 7. The molecule has 1 aromatic heterocycles. The molecule has 14 rings (SSSR count). The number of hydrogen-bond acceptors (Lipinski definition) is 5. The molecule has 7 aromatic carbocycles. The van der Waals surface area contributed by atoms with Crippen LogP contribution < -0.4 is 4.90 Å². The van der Waals surface area contributed by atoms with Gasteiger partial charge in [0.2, 0.25) is 0 Å². The molecule has 1 spiro atoms. The van der Waals surface area contributed by atoms with Gasteiger partial charge in [-0.2, -0.15) is 0 Å². The van der Waals surface area contributed by atoms with Gasteiger partial charge in [-0.25, -0.2) is 15.0 Å². The Bertz CT molecular complexity index is 2900. The van der Waals surface area contributed by atoms with Crippen molar-refractivity contribution >= 4 is 28.8 Å². The van der Waals surface area contributed by atoms with E-state index in [0.29, 0.717) is 17.5 Å². The summed E-state index contributed by atoms with van der Waals surface area (Å²) in [5, 5.41) is 0. The van der Waals surface area contributed by atoms with E-state index in [9.17, 15) is 0 Å². The molecule has 0 amide bonds. The van der Waals surface area contributed by atoms with Crippen LogP contribution in [0.3, 0.4) is 0 Å². The maximum atomic E-state index is 5.15. The predicted molar refractivity (Wildman–Crippen MR) is 244 cm³/mol. The van der Waals surface area contributed by atoms with Gasteiger partial charge in [0.25, 0.3) is 0 Å². The van der Waals surface area contributed by atoms with Crippen LogP contribution in [0, 0.1) is 23.7 Å². The summed E-state index contributed by atoms with van der Waals surface area (Å²) in [6.45, 7) is 0. The second-order valence-corrected chi connectivity index (χ2v) is 18.7. The van der Waals surface area contributed by atoms with Crippen LogP contribution in [-0.4, -0.2) is 15.0 Å². The van der Waals surface area contributed by atoms with Crippen molar-refractivity contribution < 1.29 is 0 Å². The molecule has 5 aliphatic carbocycles. The molecule has 0 N–H and O–H groups in total. The van der Waals surface area contributed by atoms with Crippen molar-refractivity contribution in [1.82, 2.24) is 15.0 Å². The van der Waals surface area contributed by atoms with Gasteiger partial charge in [-0.1, -0.05) is 127 Å². The summed E-state index contributed by atoms with van der Waals surface area (Å²) in [5.74, 6) is 5.35. The zero-order valence-electron chi connectivity index (χ0n) is 33.2. The first-order chi connectivity index (χ1) is 29.7. The number of para-hydroxylation sites is 2. The van der Waals surface area contributed by atoms with Crippen LogP contribution in [0.4, 0.5) is 17.1 Å². The second-order valence-electron chi connectivity index (χ2n) is 17.6. The third kappa shape index (κ3) is 5.21. The van der Waals surface area contributed by atoms with Crippen molar-refractivity contribution in [3.63, 3.8) is 0 Å². The van der Waals surface area contributed by atoms with Crippen molar-refractivity contribution in [1.29, 1.82) is 0 Å². The fourth-order valence-corrected chi connectivity index (χ4v) is 13.3. The van der Waals surface area contributed by atoms with Crippen molar-refractivity contribution in [2.24, 2.45) is 23.7 Å². The monoisotopic (exact) mass is 790 g/mol. The summed E-state index contributed by atoms with van der Waals surface area (Å²) in [6.07, 6.45) is 7.04. The lowest BCUT2D eigenvalue weighted by Crippen LogP contribution is -2.55. The summed E-state index contributed by atoms with van der Waals surface area (Å²) >= 11 is 1.82. The highest BCUT2D eigenvalue weighted by Gasteiger charge is 2.61. The van der Waals surface area contributed by atoms with Crippen LogP contribution in [0.15, 0.2) is 180 Å². The topological polar surface area (TPSA) is 41.9 Å². The molecule has 2 heterocycles. The molecule has 5 heteroatoms. The Kier molecular flexibility index (Phi) is 7.69. The van der Waals surface area contributed by atoms with Crippen LogP contribution in [0.5, 0.6) is 0 Å². The first-order valence-electron chi connectivity index (χ1n) is 21.6. The average molecular weight is 791 g/mol. The lowest BCUT2D eigenvalue weighted by Gasteiger charge is -2.61. The Hall–Kier alpha value is -6.30. The first kappa shape index (κ1) is 34.6. The van der Waals surface area contributed by atoms with E-state index in [1.165, 1.54) is 75.5 Å². The Labute approximate surface area is 355 Å². The molecular formula is C55H42N4S. The highest BCUT2D eigenvalue weighted by atomic mass is 32.2. The van der Waals surface area contributed by atoms with Gasteiger partial charge in [0.05, 0.1) is 11.4 Å². The smallest absolute Gasteiger partial charge is 0.164 e. The molecular weight excluding hydrogens is 749 g/mol. The number of aromatic nitrogens is 3. The second kappa shape index (κ2) is 13.4. The Balaban J connectivity index is 0.863. The number of fused-ring (bicyclic) bond motifs is 5. The Morgan fingerprint density at radius 2 is 0.900 bits per heavy atom. The van der Waals surface area contributed by atoms with E-state index in [1.807, 2.05) is 30.0 Å². The third-order valence-corrected chi connectivity index (χ3v) is 15.6. The highest BCUT2D eigenvalue weighted by Crippen LogP contribution is 2.69. The fraction of sp³-hybridized carbons (Fsp3) is 0.182. The fourth-order valence-electron chi connectivity index (χ4n) is 12.2. The summed E-state index contributed by atoms with van der Waals surface area (Å²) in [4.78, 5) is 20.1. The molecule has 0 radical (unpaired) electrons. The normalized spacial score (nSPS) is 22.6. The molecule has 4 bridgehead atoms. The van der Waals surface area contributed by atoms with Crippen LogP contribution in [0.1, 0.15) is 43.2 Å². The van der Waals surface area contributed by atoms with Crippen LogP contribution in [0.25, 0.3) is 56.4 Å². The zero-order chi connectivity index (χ0) is 39.4. The molecule has 288 valence electrons. The molecule has 8 aromatic rings. The molecule has 0 unspecified atom stereocenters. The van der Waals surface area contributed by atoms with E-state index in [-0.39, 0.29) is 5.41 Å². The molecule has 4 fully saturated rings. The van der Waals surface area contributed by atoms with Gasteiger partial charge < -0.3 is 4.90 Å². The minimum Gasteiger partial charge on any atom is -0.308 e. The molecule has 1 aliphatic heterocycles. The standard InChI is InChI=1S/C55H42N4S/c1-2-10-37(11-3-1)52-56-53(58-54(57-52)39-22-25-43(26-23-39)59-48-14-6-8-16-50(48)60-51-17-9-7-15-49(51)59)38-20-18-36(19-21-38)40-24-27-45-44-12-4-5-13-46(44)55(47(45)33-40)41-29-34-28-35(31-41)32-42(55)30-34/h1-27,33-35,41-42H,28-32H2. The maximum Gasteiger partial charge on any atom is 0.164 e. The van der Waals surface area contributed by atoms with Gasteiger partial charge in [0.15, 0.2) is 17.5 Å². The third-order valence-electron chi connectivity index (χ3n) is 14.5. The van der Waals surface area contributed by atoms with E-state index in [1.54, 1.807) is 11.1 Å². The van der Waals surface area contributed by atoms with Crippen LogP contribution in [0.2, 0.25) is 0 Å². The number of nitrogens with zero attached hydrogens (tertiary/aromatic N) is 4. The van der Waals surface area contributed by atoms with Crippen LogP contribution >= 0.6 is 11.8 Å². The summed E-state index contributed by atoms with van der Waals surface area (Å²) in [6, 6.07) is 61.8. The van der Waals surface area contributed by atoms with Crippen molar-refractivity contribution in [2.75, 3.05) is 4.90 Å². The highest BCUT2D eigenvalue weighted by molar-refractivity contribution is 7.99. The number of anilines is 3. The summed E-state index contributed by atoms with van der Waals surface area (Å²) < 4.78 is 0. The van der Waals surface area contributed by atoms with Crippen LogP contribution in [-0.2, 0) is 5.41 Å². The lowest BCUT2D eigenvalue weighted by molar-refractivity contribution is -0.0399. The number of hydrogen-bond donors (Lipinski definition) is 0. The quantitative estimate of drug-likeness (QED) is 0.174. The largest absolute Gasteiger partial charge is 0.308 e. The molecule has 60 heavy (non-hydrogen) atoms. The van der Waals surface area contributed by atoms with E-state index in [2.05, 4.69) is 157 Å². The minimum absolute atomic E-state index is 0.157. The van der Waals surface area contributed by atoms with E-state index >= 15 is 0 Å². The molecule has 6 aliphatic rings. The lowest BCUT2D eigenvalue weighted by atomic mass is 9.43. The van der Waals surface area contributed by atoms with Crippen molar-refractivity contribution in [3.05, 3.63) is 181 Å². The van der Waals surface area contributed by atoms with Gasteiger partial charge in [0.1, 0.15) is 0 Å². The van der Waals surface area contributed by atoms with Crippen molar-refractivity contribution in [2.45, 2.75) is 47.3 Å². The SMILES string of the molecule is c1ccc(-c2nc(-c3ccc(-c4ccc5c(c4)C4(c6ccccc6-5)C5CC6CC(C5)CC4C6)cc3)nc(-c3ccc(N4c5ccccc5Sc5ccccc54)cc3)n2)cc1. The van der Waals surface area contributed by atoms with Gasteiger partial charge in [-0.15, -0.1) is 0 Å². The predicted octanol–water partition coefficient (Wildman–Crippen LogP) is 14.2. The average Bonchev–Trinajstić information content (AvgIpc) is 3.60. The maximum absolute atomic E-state index is 5.15. The first-order valence-corrected chi connectivity index (χ1v) is 22.4. The summed E-state index contributed by atoms with van der Waals surface area (Å²) in [5.41, 5.74) is 15.2. The number of rotatable bonds is 5. The molecule has 4 nitrogen and oxygen atoms in total. The molecule has 0 atom stereocenters. The molecule has 4 saturated carbocycles. The van der Waals surface area contributed by atoms with Gasteiger partial charge in [-0.3, -0.25) is 0 Å².